The third-order valence-corrected chi connectivity index (χ3v) is 3.45. The third kappa shape index (κ3) is 3.02. The summed E-state index contributed by atoms with van der Waals surface area (Å²) >= 11 is 15.1. The lowest BCUT2D eigenvalue weighted by atomic mass is 10.3. The van der Waals surface area contributed by atoms with E-state index in [9.17, 15) is 4.79 Å². The Morgan fingerprint density at radius 2 is 2.00 bits per heavy atom. The summed E-state index contributed by atoms with van der Waals surface area (Å²) < 4.78 is 0.805. The van der Waals surface area contributed by atoms with Crippen molar-refractivity contribution in [3.8, 4) is 0 Å². The normalized spacial score (nSPS) is 10.2. The average Bonchev–Trinajstić information content (AvgIpc) is 2.36. The Hall–Kier alpha value is -1.10. The van der Waals surface area contributed by atoms with Gasteiger partial charge in [0.1, 0.15) is 5.69 Å². The van der Waals surface area contributed by atoms with Crippen LogP contribution in [-0.4, -0.2) is 10.9 Å². The molecule has 0 aliphatic rings. The molecule has 0 saturated heterocycles. The lowest BCUT2D eigenvalue weighted by Gasteiger charge is -2.07. The summed E-state index contributed by atoms with van der Waals surface area (Å²) in [6.45, 7) is 0. The summed E-state index contributed by atoms with van der Waals surface area (Å²) in [7, 11) is 0. The number of hydrogen-bond donors (Lipinski definition) is 1. The first kappa shape index (κ1) is 13.3. The second-order valence-electron chi connectivity index (χ2n) is 3.42. The van der Waals surface area contributed by atoms with Crippen LogP contribution >= 0.6 is 39.1 Å². The maximum absolute atomic E-state index is 11.9. The second kappa shape index (κ2) is 5.69. The molecule has 3 nitrogen and oxygen atoms in total. The molecule has 0 aliphatic carbocycles. The van der Waals surface area contributed by atoms with E-state index >= 15 is 0 Å². The third-order valence-electron chi connectivity index (χ3n) is 2.16. The van der Waals surface area contributed by atoms with E-state index in [0.717, 1.165) is 4.47 Å². The zero-order valence-corrected chi connectivity index (χ0v) is 12.1. The number of nitrogens with zero attached hydrogens (tertiary/aromatic N) is 1. The van der Waals surface area contributed by atoms with E-state index in [4.69, 9.17) is 23.2 Å². The molecule has 0 atom stereocenters. The summed E-state index contributed by atoms with van der Waals surface area (Å²) in [5.41, 5.74) is 0.758. The minimum atomic E-state index is -0.341. The van der Waals surface area contributed by atoms with Crippen molar-refractivity contribution < 1.29 is 4.79 Å². The van der Waals surface area contributed by atoms with Gasteiger partial charge in [-0.15, -0.1) is 0 Å². The Labute approximate surface area is 122 Å². The van der Waals surface area contributed by atoms with Gasteiger partial charge in [-0.3, -0.25) is 4.79 Å². The molecule has 1 aromatic heterocycles. The van der Waals surface area contributed by atoms with E-state index in [2.05, 4.69) is 26.2 Å². The van der Waals surface area contributed by atoms with Crippen LogP contribution < -0.4 is 5.32 Å². The van der Waals surface area contributed by atoms with Gasteiger partial charge in [0.25, 0.3) is 5.91 Å². The van der Waals surface area contributed by atoms with Gasteiger partial charge in [-0.05, 0) is 40.2 Å². The van der Waals surface area contributed by atoms with Crippen LogP contribution in [-0.2, 0) is 0 Å². The SMILES string of the molecule is O=C(Nc1cccc(Cl)c1Cl)c1ccc(Br)cn1. The van der Waals surface area contributed by atoms with Crippen LogP contribution in [0.4, 0.5) is 5.69 Å². The van der Waals surface area contributed by atoms with Crippen molar-refractivity contribution in [3.05, 3.63) is 56.7 Å². The molecule has 0 saturated carbocycles. The summed E-state index contributed by atoms with van der Waals surface area (Å²) in [6, 6.07) is 8.38. The zero-order valence-electron chi connectivity index (χ0n) is 8.95. The molecular weight excluding hydrogens is 339 g/mol. The van der Waals surface area contributed by atoms with Gasteiger partial charge in [-0.25, -0.2) is 4.98 Å². The van der Waals surface area contributed by atoms with Crippen LogP contribution in [0.15, 0.2) is 41.0 Å². The van der Waals surface area contributed by atoms with Crippen LogP contribution in [0.3, 0.4) is 0 Å². The zero-order chi connectivity index (χ0) is 13.1. The standard InChI is InChI=1S/C12H7BrCl2N2O/c13-7-4-5-10(16-6-7)12(18)17-9-3-1-2-8(14)11(9)15/h1-6H,(H,17,18). The number of carbonyl (C=O) groups is 1. The molecule has 1 heterocycles. The highest BCUT2D eigenvalue weighted by molar-refractivity contribution is 9.10. The van der Waals surface area contributed by atoms with Gasteiger partial charge in [-0.1, -0.05) is 29.3 Å². The second-order valence-corrected chi connectivity index (χ2v) is 5.12. The van der Waals surface area contributed by atoms with Crippen LogP contribution in [0.5, 0.6) is 0 Å². The predicted octanol–water partition coefficient (Wildman–Crippen LogP) is 4.40. The Balaban J connectivity index is 2.21. The summed E-state index contributed by atoms with van der Waals surface area (Å²) in [6.07, 6.45) is 1.55. The van der Waals surface area contributed by atoms with Crippen LogP contribution in [0.1, 0.15) is 10.5 Å². The number of halogens is 3. The van der Waals surface area contributed by atoms with Gasteiger partial charge in [0.05, 0.1) is 15.7 Å². The van der Waals surface area contributed by atoms with E-state index in [1.54, 1.807) is 36.5 Å². The Morgan fingerprint density at radius 3 is 2.67 bits per heavy atom. The van der Waals surface area contributed by atoms with Crippen molar-refractivity contribution in [1.82, 2.24) is 4.98 Å². The van der Waals surface area contributed by atoms with E-state index in [0.29, 0.717) is 21.4 Å². The number of aromatic nitrogens is 1. The van der Waals surface area contributed by atoms with Gasteiger partial charge >= 0.3 is 0 Å². The maximum Gasteiger partial charge on any atom is 0.274 e. The summed E-state index contributed by atoms with van der Waals surface area (Å²) in [5, 5.41) is 3.35. The minimum Gasteiger partial charge on any atom is -0.319 e. The summed E-state index contributed by atoms with van der Waals surface area (Å²) in [4.78, 5) is 15.9. The number of anilines is 1. The number of hydrogen-bond acceptors (Lipinski definition) is 2. The molecule has 1 amide bonds. The van der Waals surface area contributed by atoms with E-state index < -0.39 is 0 Å². The molecule has 6 heteroatoms. The lowest BCUT2D eigenvalue weighted by molar-refractivity contribution is 0.102. The molecule has 0 fully saturated rings. The molecule has 92 valence electrons. The van der Waals surface area contributed by atoms with Gasteiger partial charge in [0.15, 0.2) is 0 Å². The van der Waals surface area contributed by atoms with Crippen molar-refractivity contribution >= 4 is 50.7 Å². The van der Waals surface area contributed by atoms with Crippen molar-refractivity contribution in [1.29, 1.82) is 0 Å². The highest BCUT2D eigenvalue weighted by Gasteiger charge is 2.10. The van der Waals surface area contributed by atoms with Crippen molar-refractivity contribution in [2.24, 2.45) is 0 Å². The first-order valence-corrected chi connectivity index (χ1v) is 6.50. The van der Waals surface area contributed by atoms with Gasteiger partial charge < -0.3 is 5.32 Å². The largest absolute Gasteiger partial charge is 0.319 e. The molecular formula is C12H7BrCl2N2O. The summed E-state index contributed by atoms with van der Waals surface area (Å²) in [5.74, 6) is -0.341. The van der Waals surface area contributed by atoms with E-state index in [-0.39, 0.29) is 5.91 Å². The fourth-order valence-electron chi connectivity index (χ4n) is 1.30. The molecule has 0 aliphatic heterocycles. The maximum atomic E-state index is 11.9. The van der Waals surface area contributed by atoms with Crippen molar-refractivity contribution in [3.63, 3.8) is 0 Å². The molecule has 0 spiro atoms. The number of benzene rings is 1. The van der Waals surface area contributed by atoms with E-state index in [1.165, 1.54) is 0 Å². The smallest absolute Gasteiger partial charge is 0.274 e. The monoisotopic (exact) mass is 344 g/mol. The number of amides is 1. The fraction of sp³-hybridized carbons (Fsp3) is 0. The lowest BCUT2D eigenvalue weighted by Crippen LogP contribution is -2.13. The first-order chi connectivity index (χ1) is 8.58. The van der Waals surface area contributed by atoms with Gasteiger partial charge in [0.2, 0.25) is 0 Å². The predicted molar refractivity (Wildman–Crippen MR) is 76.4 cm³/mol. The molecule has 2 aromatic rings. The van der Waals surface area contributed by atoms with Crippen molar-refractivity contribution in [2.45, 2.75) is 0 Å². The Bertz CT molecular complexity index is 587. The number of pyridine rings is 1. The van der Waals surface area contributed by atoms with Crippen LogP contribution in [0.25, 0.3) is 0 Å². The Kier molecular flexibility index (Phi) is 4.22. The Morgan fingerprint density at radius 1 is 1.22 bits per heavy atom. The van der Waals surface area contributed by atoms with E-state index in [1.807, 2.05) is 0 Å². The minimum absolute atomic E-state index is 0.300. The molecule has 1 aromatic carbocycles. The highest BCUT2D eigenvalue weighted by atomic mass is 79.9. The molecule has 1 N–H and O–H groups in total. The number of rotatable bonds is 2. The van der Waals surface area contributed by atoms with Gasteiger partial charge in [0, 0.05) is 10.7 Å². The fourth-order valence-corrected chi connectivity index (χ4v) is 1.88. The number of carbonyl (C=O) groups excluding carboxylic acids is 1. The average molecular weight is 346 g/mol. The van der Waals surface area contributed by atoms with Crippen LogP contribution in [0.2, 0.25) is 10.0 Å². The van der Waals surface area contributed by atoms with Crippen LogP contribution in [0, 0.1) is 0 Å². The molecule has 18 heavy (non-hydrogen) atoms. The number of nitrogens with one attached hydrogen (secondary N) is 1. The quantitative estimate of drug-likeness (QED) is 0.876. The first-order valence-electron chi connectivity index (χ1n) is 4.95. The highest BCUT2D eigenvalue weighted by Crippen LogP contribution is 2.29. The molecule has 0 radical (unpaired) electrons. The van der Waals surface area contributed by atoms with Crippen molar-refractivity contribution in [2.75, 3.05) is 5.32 Å². The molecule has 0 bridgehead atoms. The molecule has 0 unspecified atom stereocenters. The van der Waals surface area contributed by atoms with Gasteiger partial charge in [-0.2, -0.15) is 0 Å². The molecule has 2 rings (SSSR count). The topological polar surface area (TPSA) is 42.0 Å².